The number of guanidine groups is 1. The van der Waals surface area contributed by atoms with Crippen molar-refractivity contribution in [2.45, 2.75) is 25.3 Å². The highest BCUT2D eigenvalue weighted by Gasteiger charge is 2.24. The van der Waals surface area contributed by atoms with Crippen molar-refractivity contribution in [2.24, 2.45) is 4.99 Å². The number of halogens is 1. The van der Waals surface area contributed by atoms with E-state index in [4.69, 9.17) is 9.47 Å². The van der Waals surface area contributed by atoms with Crippen molar-refractivity contribution in [2.75, 3.05) is 57.7 Å². The van der Waals surface area contributed by atoms with Crippen molar-refractivity contribution >= 4 is 41.4 Å². The van der Waals surface area contributed by atoms with Crippen LogP contribution in [0.15, 0.2) is 47.6 Å². The number of benzene rings is 1. The minimum absolute atomic E-state index is 0. The number of anilines is 2. The molecule has 3 N–H and O–H groups in total. The molecule has 3 rings (SSSR count). The molecule has 9 heteroatoms. The number of aliphatic imine (C=N–C) groups is 1. The standard InChI is InChI=1S/C23H34N6O2.HI/c1-24-23(27-12-7-6-11-26-22-8-4-5-10-25-22)28-18-9-13-29(17-18)19-14-20(30-2)16-21(15-19)31-3;/h4-5,8,10,14-16,18H,6-7,9,11-13,17H2,1-3H3,(H,25,26)(H2,24,27,28);1H. The molecule has 0 amide bonds. The van der Waals surface area contributed by atoms with Gasteiger partial charge in [-0.3, -0.25) is 4.99 Å². The summed E-state index contributed by atoms with van der Waals surface area (Å²) in [5, 5.41) is 10.3. The van der Waals surface area contributed by atoms with Crippen LogP contribution in [0.5, 0.6) is 11.5 Å². The van der Waals surface area contributed by atoms with Gasteiger partial charge >= 0.3 is 0 Å². The lowest BCUT2D eigenvalue weighted by Gasteiger charge is -2.21. The molecule has 1 aliphatic heterocycles. The number of unbranched alkanes of at least 4 members (excludes halogenated alkanes) is 1. The quantitative estimate of drug-likeness (QED) is 0.180. The number of nitrogens with one attached hydrogen (secondary N) is 3. The predicted molar refractivity (Wildman–Crippen MR) is 142 cm³/mol. The highest BCUT2D eigenvalue weighted by atomic mass is 127. The van der Waals surface area contributed by atoms with Gasteiger partial charge in [0.05, 0.1) is 14.2 Å². The molecule has 0 bridgehead atoms. The Morgan fingerprint density at radius 2 is 1.88 bits per heavy atom. The number of pyridine rings is 1. The lowest BCUT2D eigenvalue weighted by Crippen LogP contribution is -2.44. The van der Waals surface area contributed by atoms with Crippen LogP contribution in [0.3, 0.4) is 0 Å². The average Bonchev–Trinajstić information content (AvgIpc) is 3.29. The van der Waals surface area contributed by atoms with Crippen LogP contribution < -0.4 is 30.3 Å². The number of rotatable bonds is 10. The van der Waals surface area contributed by atoms with Gasteiger partial charge in [0.2, 0.25) is 0 Å². The van der Waals surface area contributed by atoms with Gasteiger partial charge in [0, 0.05) is 69.4 Å². The molecule has 1 aromatic heterocycles. The number of ether oxygens (including phenoxy) is 2. The highest BCUT2D eigenvalue weighted by molar-refractivity contribution is 14.0. The number of aromatic nitrogens is 1. The van der Waals surface area contributed by atoms with Crippen LogP contribution in [0, 0.1) is 0 Å². The van der Waals surface area contributed by atoms with Crippen molar-refractivity contribution in [3.8, 4) is 11.5 Å². The zero-order valence-electron chi connectivity index (χ0n) is 19.1. The Bertz CT molecular complexity index is 814. The number of hydrogen-bond acceptors (Lipinski definition) is 6. The molecule has 176 valence electrons. The van der Waals surface area contributed by atoms with Crippen LogP contribution in [0.4, 0.5) is 11.5 Å². The average molecular weight is 554 g/mol. The fourth-order valence-corrected chi connectivity index (χ4v) is 3.62. The van der Waals surface area contributed by atoms with Gasteiger partial charge in [-0.2, -0.15) is 0 Å². The van der Waals surface area contributed by atoms with Crippen LogP contribution in [-0.4, -0.2) is 64.4 Å². The Hall–Kier alpha value is -2.43. The lowest BCUT2D eigenvalue weighted by molar-refractivity contribution is 0.394. The molecule has 1 aliphatic rings. The zero-order valence-corrected chi connectivity index (χ0v) is 21.5. The summed E-state index contributed by atoms with van der Waals surface area (Å²) in [6.45, 7) is 3.68. The Morgan fingerprint density at radius 3 is 2.53 bits per heavy atom. The molecule has 1 atom stereocenters. The fourth-order valence-electron chi connectivity index (χ4n) is 3.62. The van der Waals surface area contributed by atoms with Crippen molar-refractivity contribution in [1.29, 1.82) is 0 Å². The van der Waals surface area contributed by atoms with Crippen LogP contribution in [-0.2, 0) is 0 Å². The summed E-state index contributed by atoms with van der Waals surface area (Å²) in [5.41, 5.74) is 1.11. The van der Waals surface area contributed by atoms with Gasteiger partial charge in [0.15, 0.2) is 5.96 Å². The second-order valence-corrected chi connectivity index (χ2v) is 7.49. The van der Waals surface area contributed by atoms with Gasteiger partial charge < -0.3 is 30.3 Å². The molecule has 0 radical (unpaired) electrons. The van der Waals surface area contributed by atoms with Gasteiger partial charge in [-0.15, -0.1) is 24.0 Å². The Morgan fingerprint density at radius 1 is 1.12 bits per heavy atom. The molecular formula is C23H35IN6O2. The van der Waals surface area contributed by atoms with E-state index in [9.17, 15) is 0 Å². The van der Waals surface area contributed by atoms with E-state index in [2.05, 4.69) is 43.0 Å². The lowest BCUT2D eigenvalue weighted by atomic mass is 10.2. The first-order valence-corrected chi connectivity index (χ1v) is 10.8. The van der Waals surface area contributed by atoms with E-state index in [0.717, 1.165) is 74.4 Å². The number of methoxy groups -OCH3 is 2. The van der Waals surface area contributed by atoms with Gasteiger partial charge in [0.25, 0.3) is 0 Å². The smallest absolute Gasteiger partial charge is 0.191 e. The number of hydrogen-bond donors (Lipinski definition) is 3. The number of nitrogens with zero attached hydrogens (tertiary/aromatic N) is 3. The molecular weight excluding hydrogens is 519 g/mol. The molecule has 2 aromatic rings. The maximum Gasteiger partial charge on any atom is 0.191 e. The van der Waals surface area contributed by atoms with E-state index in [0.29, 0.717) is 6.04 Å². The second-order valence-electron chi connectivity index (χ2n) is 7.49. The van der Waals surface area contributed by atoms with Crippen LogP contribution in [0.1, 0.15) is 19.3 Å². The van der Waals surface area contributed by atoms with E-state index in [1.54, 1.807) is 20.4 Å². The summed E-state index contributed by atoms with van der Waals surface area (Å²) >= 11 is 0. The van der Waals surface area contributed by atoms with E-state index in [1.807, 2.05) is 31.3 Å². The summed E-state index contributed by atoms with van der Waals surface area (Å²) < 4.78 is 10.8. The third-order valence-corrected chi connectivity index (χ3v) is 5.32. The molecule has 2 heterocycles. The zero-order chi connectivity index (χ0) is 21.9. The third-order valence-electron chi connectivity index (χ3n) is 5.32. The minimum atomic E-state index is 0. The monoisotopic (exact) mass is 554 g/mol. The van der Waals surface area contributed by atoms with Crippen molar-refractivity contribution in [3.05, 3.63) is 42.6 Å². The molecule has 1 saturated heterocycles. The largest absolute Gasteiger partial charge is 0.497 e. The first-order chi connectivity index (χ1) is 15.2. The van der Waals surface area contributed by atoms with Crippen molar-refractivity contribution in [3.63, 3.8) is 0 Å². The molecule has 0 saturated carbocycles. The topological polar surface area (TPSA) is 83.0 Å². The van der Waals surface area contributed by atoms with Gasteiger partial charge in [-0.25, -0.2) is 4.98 Å². The van der Waals surface area contributed by atoms with E-state index in [1.165, 1.54) is 0 Å². The molecule has 1 fully saturated rings. The summed E-state index contributed by atoms with van der Waals surface area (Å²) in [6, 6.07) is 12.2. The third kappa shape index (κ3) is 7.92. The van der Waals surface area contributed by atoms with Gasteiger partial charge in [-0.05, 0) is 31.4 Å². The van der Waals surface area contributed by atoms with Crippen LogP contribution >= 0.6 is 24.0 Å². The highest BCUT2D eigenvalue weighted by Crippen LogP contribution is 2.30. The summed E-state index contributed by atoms with van der Waals surface area (Å²) in [7, 11) is 5.17. The molecule has 1 unspecified atom stereocenters. The molecule has 0 aliphatic carbocycles. The Labute approximate surface area is 208 Å². The molecule has 8 nitrogen and oxygen atoms in total. The predicted octanol–water partition coefficient (Wildman–Crippen LogP) is 3.35. The maximum atomic E-state index is 5.40. The molecule has 1 aromatic carbocycles. The van der Waals surface area contributed by atoms with Crippen molar-refractivity contribution < 1.29 is 9.47 Å². The Kier molecular flexibility index (Phi) is 11.2. The first kappa shape index (κ1) is 25.8. The summed E-state index contributed by atoms with van der Waals surface area (Å²) in [6.07, 6.45) is 4.97. The van der Waals surface area contributed by atoms with E-state index >= 15 is 0 Å². The van der Waals surface area contributed by atoms with E-state index in [-0.39, 0.29) is 24.0 Å². The SMILES string of the molecule is CN=C(NCCCCNc1ccccn1)NC1CCN(c2cc(OC)cc(OC)c2)C1.I. The molecule has 0 spiro atoms. The Balaban J connectivity index is 0.00000363. The second kappa shape index (κ2) is 13.9. The maximum absolute atomic E-state index is 5.40. The molecule has 32 heavy (non-hydrogen) atoms. The minimum Gasteiger partial charge on any atom is -0.497 e. The summed E-state index contributed by atoms with van der Waals surface area (Å²) in [5.74, 6) is 3.39. The normalized spacial score (nSPS) is 15.7. The first-order valence-electron chi connectivity index (χ1n) is 10.8. The van der Waals surface area contributed by atoms with Crippen molar-refractivity contribution in [1.82, 2.24) is 15.6 Å². The van der Waals surface area contributed by atoms with Gasteiger partial charge in [0.1, 0.15) is 17.3 Å². The van der Waals surface area contributed by atoms with Crippen LogP contribution in [0.25, 0.3) is 0 Å². The van der Waals surface area contributed by atoms with E-state index < -0.39 is 0 Å². The summed E-state index contributed by atoms with van der Waals surface area (Å²) in [4.78, 5) is 11.0. The van der Waals surface area contributed by atoms with Gasteiger partial charge in [-0.1, -0.05) is 6.07 Å². The van der Waals surface area contributed by atoms with Crippen LogP contribution in [0.2, 0.25) is 0 Å². The fraction of sp³-hybridized carbons (Fsp3) is 0.478.